The number of anilines is 1. The zero-order chi connectivity index (χ0) is 11.0. The average molecular weight is 278 g/mol. The molecule has 0 radical (unpaired) electrons. The molecule has 0 bridgehead atoms. The van der Waals surface area contributed by atoms with Crippen molar-refractivity contribution in [2.24, 2.45) is 4.99 Å². The lowest BCUT2D eigenvalue weighted by molar-refractivity contribution is 1.39. The van der Waals surface area contributed by atoms with Crippen molar-refractivity contribution >= 4 is 52.7 Å². The lowest BCUT2D eigenvalue weighted by Gasteiger charge is -2.08. The molecule has 0 fully saturated rings. The fraction of sp³-hybridized carbons (Fsp3) is 0.182. The predicted molar refractivity (Wildman–Crippen MR) is 73.9 cm³/mol. The first-order chi connectivity index (χ1) is 7.06. The Labute approximate surface area is 111 Å². The van der Waals surface area contributed by atoms with Crippen LogP contribution in [0.3, 0.4) is 0 Å². The van der Waals surface area contributed by atoms with Crippen LogP contribution in [-0.2, 0) is 0 Å². The van der Waals surface area contributed by atoms with Crippen molar-refractivity contribution < 1.29 is 0 Å². The first-order valence-electron chi connectivity index (χ1n) is 4.56. The number of aliphatic imine (C=N–C) groups is 1. The number of rotatable bonds is 0. The molecular weight excluding hydrogens is 266 g/mol. The molecular formula is C11H11Cl3N2. The summed E-state index contributed by atoms with van der Waals surface area (Å²) in [5.41, 5.74) is 3.68. The van der Waals surface area contributed by atoms with Gasteiger partial charge in [0.1, 0.15) is 0 Å². The first-order valence-corrected chi connectivity index (χ1v) is 5.31. The smallest absolute Gasteiger partial charge is 0.0883 e. The third-order valence-electron chi connectivity index (χ3n) is 2.09. The van der Waals surface area contributed by atoms with E-state index in [0.717, 1.165) is 22.8 Å². The van der Waals surface area contributed by atoms with E-state index in [4.69, 9.17) is 23.2 Å². The maximum atomic E-state index is 5.94. The highest BCUT2D eigenvalue weighted by Crippen LogP contribution is 2.36. The summed E-state index contributed by atoms with van der Waals surface area (Å²) in [5, 5.41) is 4.28. The molecule has 16 heavy (non-hydrogen) atoms. The first kappa shape index (κ1) is 13.4. The number of nitrogens with one attached hydrogen (secondary N) is 1. The Morgan fingerprint density at radius 1 is 1.12 bits per heavy atom. The van der Waals surface area contributed by atoms with E-state index in [0.29, 0.717) is 10.0 Å². The van der Waals surface area contributed by atoms with Crippen LogP contribution < -0.4 is 5.32 Å². The molecule has 2 rings (SSSR count). The molecule has 0 aliphatic carbocycles. The summed E-state index contributed by atoms with van der Waals surface area (Å²) in [5.74, 6) is 0. The Bertz CT molecular complexity index is 478. The molecule has 86 valence electrons. The summed E-state index contributed by atoms with van der Waals surface area (Å²) < 4.78 is 0. The van der Waals surface area contributed by atoms with E-state index in [1.807, 2.05) is 19.9 Å². The van der Waals surface area contributed by atoms with Gasteiger partial charge in [-0.3, -0.25) is 4.99 Å². The number of nitrogens with zero attached hydrogens (tertiary/aromatic N) is 1. The van der Waals surface area contributed by atoms with Gasteiger partial charge >= 0.3 is 0 Å². The van der Waals surface area contributed by atoms with E-state index in [9.17, 15) is 0 Å². The molecule has 0 spiro atoms. The second kappa shape index (κ2) is 5.09. The van der Waals surface area contributed by atoms with Crippen LogP contribution in [0.25, 0.3) is 0 Å². The van der Waals surface area contributed by atoms with Crippen LogP contribution in [0.1, 0.15) is 13.8 Å². The van der Waals surface area contributed by atoms with Gasteiger partial charge in [-0.1, -0.05) is 23.2 Å². The zero-order valence-electron chi connectivity index (χ0n) is 8.84. The summed E-state index contributed by atoms with van der Waals surface area (Å²) in [4.78, 5) is 4.43. The third kappa shape index (κ3) is 2.70. The molecule has 1 aromatic rings. The molecule has 0 aromatic heterocycles. The topological polar surface area (TPSA) is 24.4 Å². The summed E-state index contributed by atoms with van der Waals surface area (Å²) in [7, 11) is 0. The molecule has 1 heterocycles. The quantitative estimate of drug-likeness (QED) is 0.721. The normalized spacial score (nSPS) is 13.8. The average Bonchev–Trinajstić information content (AvgIpc) is 2.24. The highest BCUT2D eigenvalue weighted by atomic mass is 35.5. The van der Waals surface area contributed by atoms with Gasteiger partial charge in [0.2, 0.25) is 0 Å². The van der Waals surface area contributed by atoms with Crippen molar-refractivity contribution in [3.63, 3.8) is 0 Å². The fourth-order valence-corrected chi connectivity index (χ4v) is 1.83. The van der Waals surface area contributed by atoms with Crippen molar-refractivity contribution in [2.75, 3.05) is 5.32 Å². The maximum absolute atomic E-state index is 5.94. The van der Waals surface area contributed by atoms with Gasteiger partial charge in [0.15, 0.2) is 0 Å². The summed E-state index contributed by atoms with van der Waals surface area (Å²) >= 11 is 11.9. The molecule has 1 aliphatic heterocycles. The summed E-state index contributed by atoms with van der Waals surface area (Å²) in [6.07, 6.45) is 1.97. The van der Waals surface area contributed by atoms with E-state index in [1.54, 1.807) is 12.1 Å². The van der Waals surface area contributed by atoms with Gasteiger partial charge in [-0.25, -0.2) is 0 Å². The van der Waals surface area contributed by atoms with E-state index in [2.05, 4.69) is 10.3 Å². The van der Waals surface area contributed by atoms with Crippen LogP contribution in [0.2, 0.25) is 10.0 Å². The van der Waals surface area contributed by atoms with Crippen molar-refractivity contribution in [1.82, 2.24) is 0 Å². The van der Waals surface area contributed by atoms with Gasteiger partial charge in [-0.15, -0.1) is 12.4 Å². The Morgan fingerprint density at radius 3 is 2.44 bits per heavy atom. The molecule has 1 N–H and O–H groups in total. The summed E-state index contributed by atoms with van der Waals surface area (Å²) in [6.45, 7) is 3.93. The van der Waals surface area contributed by atoms with E-state index in [-0.39, 0.29) is 12.4 Å². The molecule has 0 saturated carbocycles. The molecule has 0 unspecified atom stereocenters. The monoisotopic (exact) mass is 276 g/mol. The summed E-state index contributed by atoms with van der Waals surface area (Å²) in [6, 6.07) is 3.56. The van der Waals surface area contributed by atoms with Crippen LogP contribution in [0.4, 0.5) is 11.4 Å². The molecule has 0 amide bonds. The lowest BCUT2D eigenvalue weighted by atomic mass is 10.2. The van der Waals surface area contributed by atoms with Gasteiger partial charge < -0.3 is 5.32 Å². The largest absolute Gasteiger partial charge is 0.357 e. The van der Waals surface area contributed by atoms with E-state index in [1.165, 1.54) is 0 Å². The molecule has 0 saturated heterocycles. The van der Waals surface area contributed by atoms with Crippen LogP contribution in [-0.4, -0.2) is 5.71 Å². The molecule has 0 atom stereocenters. The SMILES string of the molecule is CC1=CC(C)=Nc2cc(Cl)c(Cl)cc2N1.Cl. The Morgan fingerprint density at radius 2 is 1.75 bits per heavy atom. The van der Waals surface area contributed by atoms with E-state index >= 15 is 0 Å². The van der Waals surface area contributed by atoms with Crippen molar-refractivity contribution in [3.8, 4) is 0 Å². The Kier molecular flexibility index (Phi) is 4.25. The minimum Gasteiger partial charge on any atom is -0.357 e. The fourth-order valence-electron chi connectivity index (χ4n) is 1.51. The van der Waals surface area contributed by atoms with Gasteiger partial charge in [0.05, 0.1) is 21.4 Å². The van der Waals surface area contributed by atoms with Crippen LogP contribution >= 0.6 is 35.6 Å². The minimum atomic E-state index is 0. The number of fused-ring (bicyclic) bond motifs is 1. The highest BCUT2D eigenvalue weighted by molar-refractivity contribution is 6.42. The Balaban J connectivity index is 0.00000128. The lowest BCUT2D eigenvalue weighted by Crippen LogP contribution is -1.95. The predicted octanol–water partition coefficient (Wildman–Crippen LogP) is 4.84. The van der Waals surface area contributed by atoms with Crippen LogP contribution in [0.5, 0.6) is 0 Å². The van der Waals surface area contributed by atoms with Gasteiger partial charge in [-0.2, -0.15) is 0 Å². The second-order valence-electron chi connectivity index (χ2n) is 3.49. The van der Waals surface area contributed by atoms with Gasteiger partial charge in [0.25, 0.3) is 0 Å². The Hall–Kier alpha value is -0.700. The van der Waals surface area contributed by atoms with Crippen LogP contribution in [0.15, 0.2) is 28.9 Å². The molecule has 1 aliphatic rings. The molecule has 1 aromatic carbocycles. The number of hydrogen-bond acceptors (Lipinski definition) is 2. The third-order valence-corrected chi connectivity index (χ3v) is 2.81. The van der Waals surface area contributed by atoms with Crippen LogP contribution in [0, 0.1) is 0 Å². The zero-order valence-corrected chi connectivity index (χ0v) is 11.2. The second-order valence-corrected chi connectivity index (χ2v) is 4.30. The number of allylic oxidation sites excluding steroid dienone is 2. The molecule has 2 nitrogen and oxygen atoms in total. The standard InChI is InChI=1S/C11H10Cl2N2.ClH/c1-6-3-7(2)15-11-5-9(13)8(12)4-10(11)14-6;/h3-5,14H,1-2H3;1H. The molecule has 5 heteroatoms. The van der Waals surface area contributed by atoms with Crippen molar-refractivity contribution in [2.45, 2.75) is 13.8 Å². The van der Waals surface area contributed by atoms with Gasteiger partial charge in [-0.05, 0) is 32.1 Å². The number of hydrogen-bond donors (Lipinski definition) is 1. The minimum absolute atomic E-state index is 0. The van der Waals surface area contributed by atoms with Crippen molar-refractivity contribution in [3.05, 3.63) is 34.0 Å². The number of halogens is 3. The highest BCUT2D eigenvalue weighted by Gasteiger charge is 2.09. The maximum Gasteiger partial charge on any atom is 0.0883 e. The number of benzene rings is 1. The van der Waals surface area contributed by atoms with Gasteiger partial charge in [0, 0.05) is 11.4 Å². The van der Waals surface area contributed by atoms with Crippen molar-refractivity contribution in [1.29, 1.82) is 0 Å². The van der Waals surface area contributed by atoms with E-state index < -0.39 is 0 Å².